The van der Waals surface area contributed by atoms with Crippen LogP contribution in [-0.2, 0) is 9.53 Å². The molecular formula is C29H42I2O2. The highest BCUT2D eigenvalue weighted by Crippen LogP contribution is 2.22. The Kier molecular flexibility index (Phi) is 16.4. The number of halogens is 2. The van der Waals surface area contributed by atoms with Gasteiger partial charge >= 0.3 is 5.97 Å². The van der Waals surface area contributed by atoms with Crippen molar-refractivity contribution in [2.45, 2.75) is 83.2 Å². The molecule has 0 radical (unpaired) electrons. The number of hydrogen-bond acceptors (Lipinski definition) is 2. The van der Waals surface area contributed by atoms with E-state index in [1.54, 1.807) is 6.08 Å². The lowest BCUT2D eigenvalue weighted by atomic mass is 9.91. The Labute approximate surface area is 230 Å². The summed E-state index contributed by atoms with van der Waals surface area (Å²) in [7, 11) is 0. The first kappa shape index (κ1) is 30.4. The quantitative estimate of drug-likeness (QED) is 0.0980. The first-order valence-corrected chi connectivity index (χ1v) is 14.7. The molecule has 0 aromatic rings. The van der Waals surface area contributed by atoms with Gasteiger partial charge in [-0.15, -0.1) is 0 Å². The number of allylic oxidation sites excluding steroid dienone is 8. The van der Waals surface area contributed by atoms with Gasteiger partial charge in [0.25, 0.3) is 0 Å². The summed E-state index contributed by atoms with van der Waals surface area (Å²) < 4.78 is 8.46. The Morgan fingerprint density at radius 2 is 1.94 bits per heavy atom. The van der Waals surface area contributed by atoms with Crippen LogP contribution >= 0.6 is 45.2 Å². The van der Waals surface area contributed by atoms with Crippen molar-refractivity contribution in [2.75, 3.05) is 0 Å². The van der Waals surface area contributed by atoms with Crippen molar-refractivity contribution < 1.29 is 9.53 Å². The Hall–Kier alpha value is -0.630. The Morgan fingerprint density at radius 3 is 2.67 bits per heavy atom. The van der Waals surface area contributed by atoms with Crippen LogP contribution in [0.15, 0.2) is 69.9 Å². The van der Waals surface area contributed by atoms with Crippen LogP contribution < -0.4 is 0 Å². The smallest absolute Gasteiger partial charge is 0.330 e. The third-order valence-corrected chi connectivity index (χ3v) is 7.56. The number of rotatable bonds is 3. The molecule has 0 aromatic carbocycles. The zero-order chi connectivity index (χ0) is 24.6. The molecule has 2 nitrogen and oxygen atoms in total. The van der Waals surface area contributed by atoms with Gasteiger partial charge in [0.2, 0.25) is 0 Å². The molecule has 1 aliphatic heterocycles. The second-order valence-electron chi connectivity index (χ2n) is 9.33. The van der Waals surface area contributed by atoms with E-state index >= 15 is 0 Å². The highest BCUT2D eigenvalue weighted by molar-refractivity contribution is 14.1. The maximum absolute atomic E-state index is 12.5. The minimum absolute atomic E-state index is 0.133. The molecule has 1 aliphatic rings. The average molecular weight is 676 g/mol. The first-order valence-electron chi connectivity index (χ1n) is 12.2. The van der Waals surface area contributed by atoms with E-state index in [9.17, 15) is 4.79 Å². The van der Waals surface area contributed by atoms with E-state index < -0.39 is 0 Å². The highest BCUT2D eigenvalue weighted by atomic mass is 127. The molecule has 5 atom stereocenters. The van der Waals surface area contributed by atoms with Crippen molar-refractivity contribution in [3.63, 3.8) is 0 Å². The van der Waals surface area contributed by atoms with Gasteiger partial charge in [-0.3, -0.25) is 0 Å². The summed E-state index contributed by atoms with van der Waals surface area (Å²) in [5, 5.41) is 0. The molecule has 184 valence electrons. The zero-order valence-electron chi connectivity index (χ0n) is 21.0. The lowest BCUT2D eigenvalue weighted by Gasteiger charge is -2.22. The van der Waals surface area contributed by atoms with E-state index in [1.807, 2.05) is 10.2 Å². The summed E-state index contributed by atoms with van der Waals surface area (Å²) in [4.78, 5) is 12.5. The normalized spacial score (nSPS) is 32.9. The highest BCUT2D eigenvalue weighted by Gasteiger charge is 2.20. The Bertz CT molecular complexity index is 758. The van der Waals surface area contributed by atoms with Gasteiger partial charge in [-0.2, -0.15) is 0 Å². The molecule has 0 aliphatic carbocycles. The van der Waals surface area contributed by atoms with Crippen molar-refractivity contribution in [3.05, 3.63) is 69.9 Å². The van der Waals surface area contributed by atoms with Gasteiger partial charge in [-0.25, -0.2) is 4.79 Å². The van der Waals surface area contributed by atoms with Crippen LogP contribution in [0.25, 0.3) is 0 Å². The first-order chi connectivity index (χ1) is 15.7. The van der Waals surface area contributed by atoms with E-state index in [2.05, 4.69) is 122 Å². The van der Waals surface area contributed by atoms with Crippen LogP contribution in [0.3, 0.4) is 0 Å². The predicted octanol–water partition coefficient (Wildman–Crippen LogP) is 9.47. The lowest BCUT2D eigenvalue weighted by Crippen LogP contribution is -2.24. The minimum atomic E-state index is -0.242. The maximum Gasteiger partial charge on any atom is 0.330 e. The van der Waals surface area contributed by atoms with Crippen molar-refractivity contribution in [2.24, 2.45) is 17.8 Å². The molecule has 0 N–H and O–H groups in total. The van der Waals surface area contributed by atoms with Gasteiger partial charge in [0, 0.05) is 22.3 Å². The summed E-state index contributed by atoms with van der Waals surface area (Å²) in [6, 6.07) is 0. The summed E-state index contributed by atoms with van der Waals surface area (Å²) in [5.41, 5.74) is 2.41. The van der Waals surface area contributed by atoms with Gasteiger partial charge < -0.3 is 4.74 Å². The summed E-state index contributed by atoms with van der Waals surface area (Å²) in [6.45, 7) is 11.0. The SMILES string of the molecule is CC(/C=C/I)=C\[C@H](C)[C@H]1C/C(C)=C/C=C/CC[C@@H](C)[C@H](C)/C=C/[C@H](I)CCC/C=C/C(=O)O1. The summed E-state index contributed by atoms with van der Waals surface area (Å²) in [6.07, 6.45) is 25.1. The van der Waals surface area contributed by atoms with Crippen LogP contribution in [0.1, 0.15) is 73.1 Å². The van der Waals surface area contributed by atoms with E-state index in [-0.39, 0.29) is 18.0 Å². The summed E-state index contributed by atoms with van der Waals surface area (Å²) in [5.74, 6) is 1.15. The van der Waals surface area contributed by atoms with Crippen molar-refractivity contribution >= 4 is 51.2 Å². The Balaban J connectivity index is 3.00. The van der Waals surface area contributed by atoms with E-state index in [0.717, 1.165) is 32.1 Å². The fourth-order valence-electron chi connectivity index (χ4n) is 3.73. The van der Waals surface area contributed by atoms with Crippen molar-refractivity contribution in [1.82, 2.24) is 0 Å². The van der Waals surface area contributed by atoms with Crippen LogP contribution in [-0.4, -0.2) is 16.0 Å². The topological polar surface area (TPSA) is 26.3 Å². The third-order valence-electron chi connectivity index (χ3n) is 6.16. The lowest BCUT2D eigenvalue weighted by molar-refractivity contribution is -0.144. The molecule has 1 heterocycles. The molecule has 0 amide bonds. The second-order valence-corrected chi connectivity index (χ2v) is 11.7. The Morgan fingerprint density at radius 1 is 1.18 bits per heavy atom. The molecule has 0 unspecified atom stereocenters. The number of cyclic esters (lactones) is 1. The summed E-state index contributed by atoms with van der Waals surface area (Å²) >= 11 is 4.75. The fraction of sp³-hybridized carbons (Fsp3) is 0.552. The van der Waals surface area contributed by atoms with Gasteiger partial charge in [0.1, 0.15) is 6.10 Å². The largest absolute Gasteiger partial charge is 0.458 e. The number of hydrogen-bond donors (Lipinski definition) is 0. The number of carbonyl (C=O) groups excluding carboxylic acids is 1. The van der Waals surface area contributed by atoms with Gasteiger partial charge in [0.15, 0.2) is 0 Å². The molecule has 4 heteroatoms. The standard InChI is InChI=1S/C29H42I2O2/c1-22-12-8-6-9-13-24(3)25(4)16-17-27(31)14-10-7-11-15-29(32)33-28(21-22)26(5)20-23(2)18-19-30/h6,8,11-12,15-20,24-28H,7,9-10,13-14,21H2,1-5H3/b8-6+,15-11+,17-16+,19-18+,22-12+,23-20+/t24-,25-,26+,27-,28-/m1/s1. The predicted molar refractivity (Wildman–Crippen MR) is 161 cm³/mol. The number of alkyl halides is 1. The molecule has 0 saturated heterocycles. The second kappa shape index (κ2) is 17.8. The van der Waals surface area contributed by atoms with Gasteiger partial charge in [-0.1, -0.05) is 126 Å². The molecular weight excluding hydrogens is 634 g/mol. The molecule has 33 heavy (non-hydrogen) atoms. The fourth-order valence-corrected chi connectivity index (χ4v) is 4.98. The average Bonchev–Trinajstić information content (AvgIpc) is 2.75. The third kappa shape index (κ3) is 14.4. The number of esters is 1. The van der Waals surface area contributed by atoms with E-state index in [1.165, 1.54) is 17.6 Å². The van der Waals surface area contributed by atoms with E-state index in [4.69, 9.17) is 4.74 Å². The minimum Gasteiger partial charge on any atom is -0.458 e. The van der Waals surface area contributed by atoms with Gasteiger partial charge in [-0.05, 0) is 61.9 Å². The van der Waals surface area contributed by atoms with Crippen molar-refractivity contribution in [3.8, 4) is 0 Å². The molecule has 1 rings (SSSR count). The maximum atomic E-state index is 12.5. The zero-order valence-corrected chi connectivity index (χ0v) is 25.3. The van der Waals surface area contributed by atoms with Crippen molar-refractivity contribution in [1.29, 1.82) is 0 Å². The molecule has 0 spiro atoms. The van der Waals surface area contributed by atoms with E-state index in [0.29, 0.717) is 15.8 Å². The number of ether oxygens (including phenoxy) is 1. The number of carbonyl (C=O) groups is 1. The van der Waals surface area contributed by atoms with Crippen LogP contribution in [0.2, 0.25) is 0 Å². The molecule has 0 fully saturated rings. The van der Waals surface area contributed by atoms with Crippen LogP contribution in [0, 0.1) is 17.8 Å². The van der Waals surface area contributed by atoms with Crippen LogP contribution in [0.4, 0.5) is 0 Å². The van der Waals surface area contributed by atoms with Crippen LogP contribution in [0.5, 0.6) is 0 Å². The molecule has 0 aromatic heterocycles. The molecule has 0 saturated carbocycles. The molecule has 0 bridgehead atoms. The monoisotopic (exact) mass is 676 g/mol. The van der Waals surface area contributed by atoms with Gasteiger partial charge in [0.05, 0.1) is 0 Å².